The van der Waals surface area contributed by atoms with Crippen LogP contribution in [0, 0.1) is 0 Å². The maximum Gasteiger partial charge on any atom is 0.161 e. The monoisotopic (exact) mass is 206 g/mol. The number of pyridine rings is 1. The van der Waals surface area contributed by atoms with Gasteiger partial charge in [-0.1, -0.05) is 6.92 Å². The topological polar surface area (TPSA) is 25.4 Å². The highest BCUT2D eigenvalue weighted by atomic mass is 16.5. The van der Waals surface area contributed by atoms with Crippen LogP contribution in [-0.4, -0.2) is 25.2 Å². The van der Waals surface area contributed by atoms with Crippen LogP contribution in [0.5, 0.6) is 5.75 Å². The molecular formula is C12H18N2O. The zero-order valence-electron chi connectivity index (χ0n) is 9.66. The smallest absolute Gasteiger partial charge is 0.161 e. The lowest BCUT2D eigenvalue weighted by Gasteiger charge is -2.20. The second-order valence-corrected chi connectivity index (χ2v) is 4.21. The first kappa shape index (κ1) is 10.3. The van der Waals surface area contributed by atoms with Crippen LogP contribution in [0.15, 0.2) is 12.4 Å². The van der Waals surface area contributed by atoms with E-state index in [0.717, 1.165) is 12.2 Å². The lowest BCUT2D eigenvalue weighted by Crippen LogP contribution is -2.14. The summed E-state index contributed by atoms with van der Waals surface area (Å²) in [7, 11) is 4.10. The fourth-order valence-electron chi connectivity index (χ4n) is 1.69. The van der Waals surface area contributed by atoms with E-state index in [1.165, 1.54) is 24.1 Å². The Labute approximate surface area is 91.1 Å². The molecule has 0 N–H and O–H groups in total. The van der Waals surface area contributed by atoms with E-state index in [-0.39, 0.29) is 0 Å². The van der Waals surface area contributed by atoms with E-state index in [0.29, 0.717) is 6.10 Å². The number of anilines is 1. The molecule has 0 unspecified atom stereocenters. The number of nitrogens with zero attached hydrogens (tertiary/aromatic N) is 2. The summed E-state index contributed by atoms with van der Waals surface area (Å²) in [5.41, 5.74) is 2.43. The van der Waals surface area contributed by atoms with Gasteiger partial charge in [0.05, 0.1) is 18.0 Å². The molecule has 1 aliphatic rings. The van der Waals surface area contributed by atoms with Crippen LogP contribution in [-0.2, 0) is 6.42 Å². The average molecular weight is 206 g/mol. The highest BCUT2D eigenvalue weighted by Gasteiger charge is 2.25. The summed E-state index contributed by atoms with van der Waals surface area (Å²) in [6.07, 6.45) is 7.54. The summed E-state index contributed by atoms with van der Waals surface area (Å²) in [6, 6.07) is 0. The van der Waals surface area contributed by atoms with Crippen molar-refractivity contribution in [3.8, 4) is 5.75 Å². The average Bonchev–Trinajstić information content (AvgIpc) is 3.01. The molecule has 1 fully saturated rings. The summed E-state index contributed by atoms with van der Waals surface area (Å²) >= 11 is 0. The molecule has 0 aromatic carbocycles. The Morgan fingerprint density at radius 1 is 1.40 bits per heavy atom. The number of hydrogen-bond donors (Lipinski definition) is 0. The zero-order chi connectivity index (χ0) is 10.8. The Bertz CT molecular complexity index is 345. The van der Waals surface area contributed by atoms with Crippen molar-refractivity contribution < 1.29 is 4.74 Å². The van der Waals surface area contributed by atoms with E-state index in [9.17, 15) is 0 Å². The quantitative estimate of drug-likeness (QED) is 0.755. The first-order valence-electron chi connectivity index (χ1n) is 5.53. The Hall–Kier alpha value is -1.25. The molecule has 1 aliphatic carbocycles. The standard InChI is InChI=1S/C12H18N2O/c1-4-9-7-13-8-11(12(9)14(2)3)15-10-5-6-10/h7-8,10H,4-6H2,1-3H3. The first-order chi connectivity index (χ1) is 7.22. The summed E-state index contributed by atoms with van der Waals surface area (Å²) < 4.78 is 5.86. The Kier molecular flexibility index (Phi) is 2.80. The minimum absolute atomic E-state index is 0.428. The number of aryl methyl sites for hydroxylation is 1. The third-order valence-corrected chi connectivity index (χ3v) is 2.61. The molecule has 1 aromatic heterocycles. The molecule has 1 heterocycles. The van der Waals surface area contributed by atoms with Gasteiger partial charge in [0.2, 0.25) is 0 Å². The summed E-state index contributed by atoms with van der Waals surface area (Å²) in [6.45, 7) is 2.14. The summed E-state index contributed by atoms with van der Waals surface area (Å²) in [4.78, 5) is 6.34. The van der Waals surface area contributed by atoms with Crippen LogP contribution in [0.2, 0.25) is 0 Å². The van der Waals surface area contributed by atoms with Gasteiger partial charge in [0, 0.05) is 20.3 Å². The van der Waals surface area contributed by atoms with Gasteiger partial charge in [-0.3, -0.25) is 4.98 Å². The van der Waals surface area contributed by atoms with Gasteiger partial charge in [0.25, 0.3) is 0 Å². The van der Waals surface area contributed by atoms with Crippen molar-refractivity contribution in [2.24, 2.45) is 0 Å². The van der Waals surface area contributed by atoms with E-state index in [1.807, 2.05) is 26.5 Å². The third kappa shape index (κ3) is 2.22. The molecule has 15 heavy (non-hydrogen) atoms. The van der Waals surface area contributed by atoms with Crippen LogP contribution in [0.3, 0.4) is 0 Å². The number of ether oxygens (including phenoxy) is 1. The Morgan fingerprint density at radius 3 is 2.67 bits per heavy atom. The SMILES string of the molecule is CCc1cncc(OC2CC2)c1N(C)C. The fraction of sp³-hybridized carbons (Fsp3) is 0.583. The molecule has 1 aromatic rings. The molecule has 0 bridgehead atoms. The van der Waals surface area contributed by atoms with E-state index in [1.54, 1.807) is 0 Å². The van der Waals surface area contributed by atoms with Crippen molar-refractivity contribution in [3.05, 3.63) is 18.0 Å². The van der Waals surface area contributed by atoms with Crippen molar-refractivity contribution in [1.82, 2.24) is 4.98 Å². The molecule has 0 amide bonds. The Morgan fingerprint density at radius 2 is 2.13 bits per heavy atom. The molecule has 0 saturated heterocycles. The van der Waals surface area contributed by atoms with E-state index >= 15 is 0 Å². The molecule has 0 radical (unpaired) electrons. The van der Waals surface area contributed by atoms with Crippen molar-refractivity contribution in [3.63, 3.8) is 0 Å². The van der Waals surface area contributed by atoms with Gasteiger partial charge < -0.3 is 9.64 Å². The molecule has 1 saturated carbocycles. The van der Waals surface area contributed by atoms with Crippen LogP contribution >= 0.6 is 0 Å². The highest BCUT2D eigenvalue weighted by Crippen LogP contribution is 2.35. The Balaban J connectivity index is 2.32. The number of hydrogen-bond acceptors (Lipinski definition) is 3. The van der Waals surface area contributed by atoms with Crippen molar-refractivity contribution in [2.75, 3.05) is 19.0 Å². The largest absolute Gasteiger partial charge is 0.487 e. The van der Waals surface area contributed by atoms with Gasteiger partial charge in [-0.05, 0) is 24.8 Å². The molecule has 82 valence electrons. The van der Waals surface area contributed by atoms with Crippen LogP contribution in [0.4, 0.5) is 5.69 Å². The predicted molar refractivity (Wildman–Crippen MR) is 61.6 cm³/mol. The molecular weight excluding hydrogens is 188 g/mol. The van der Waals surface area contributed by atoms with E-state index in [2.05, 4.69) is 16.8 Å². The van der Waals surface area contributed by atoms with Crippen molar-refractivity contribution in [2.45, 2.75) is 32.3 Å². The second kappa shape index (κ2) is 4.09. The maximum atomic E-state index is 5.86. The van der Waals surface area contributed by atoms with Crippen molar-refractivity contribution >= 4 is 5.69 Å². The molecule has 0 aliphatic heterocycles. The normalized spacial score (nSPS) is 15.1. The van der Waals surface area contributed by atoms with Crippen LogP contribution in [0.1, 0.15) is 25.3 Å². The number of aromatic nitrogens is 1. The van der Waals surface area contributed by atoms with E-state index < -0.39 is 0 Å². The highest BCUT2D eigenvalue weighted by molar-refractivity contribution is 5.61. The third-order valence-electron chi connectivity index (χ3n) is 2.61. The minimum Gasteiger partial charge on any atom is -0.487 e. The molecule has 3 heteroatoms. The first-order valence-corrected chi connectivity index (χ1v) is 5.53. The molecule has 3 nitrogen and oxygen atoms in total. The van der Waals surface area contributed by atoms with Gasteiger partial charge in [-0.15, -0.1) is 0 Å². The van der Waals surface area contributed by atoms with Crippen LogP contribution in [0.25, 0.3) is 0 Å². The molecule has 0 atom stereocenters. The van der Waals surface area contributed by atoms with Gasteiger partial charge >= 0.3 is 0 Å². The molecule has 2 rings (SSSR count). The minimum atomic E-state index is 0.428. The second-order valence-electron chi connectivity index (χ2n) is 4.21. The van der Waals surface area contributed by atoms with Crippen molar-refractivity contribution in [1.29, 1.82) is 0 Å². The van der Waals surface area contributed by atoms with Gasteiger partial charge in [0.15, 0.2) is 5.75 Å². The van der Waals surface area contributed by atoms with Gasteiger partial charge in [-0.25, -0.2) is 0 Å². The maximum absolute atomic E-state index is 5.86. The predicted octanol–water partition coefficient (Wildman–Crippen LogP) is 2.25. The van der Waals surface area contributed by atoms with Crippen LogP contribution < -0.4 is 9.64 Å². The summed E-state index contributed by atoms with van der Waals surface area (Å²) in [5.74, 6) is 0.932. The lowest BCUT2D eigenvalue weighted by molar-refractivity contribution is 0.302. The van der Waals surface area contributed by atoms with Gasteiger partial charge in [0.1, 0.15) is 0 Å². The fourth-order valence-corrected chi connectivity index (χ4v) is 1.69. The molecule has 0 spiro atoms. The van der Waals surface area contributed by atoms with Gasteiger partial charge in [-0.2, -0.15) is 0 Å². The number of rotatable bonds is 4. The zero-order valence-corrected chi connectivity index (χ0v) is 9.66. The van der Waals surface area contributed by atoms with E-state index in [4.69, 9.17) is 4.74 Å². The summed E-state index contributed by atoms with van der Waals surface area (Å²) in [5, 5.41) is 0. The lowest BCUT2D eigenvalue weighted by atomic mass is 10.1.